The number of hydrogen-bond donors (Lipinski definition) is 1. The molecule has 1 aliphatic carbocycles. The molecule has 7 heteroatoms. The fraction of sp³-hybridized carbons (Fsp3) is 0.500. The van der Waals surface area contributed by atoms with Crippen molar-refractivity contribution < 1.29 is 17.9 Å². The summed E-state index contributed by atoms with van der Waals surface area (Å²) in [4.78, 5) is 0. The summed E-state index contributed by atoms with van der Waals surface area (Å²) in [5, 5.41) is -0.0731. The van der Waals surface area contributed by atoms with Crippen molar-refractivity contribution in [2.45, 2.75) is 31.7 Å². The monoisotopic (exact) mass is 315 g/mol. The highest BCUT2D eigenvalue weighted by Gasteiger charge is 2.32. The van der Waals surface area contributed by atoms with Crippen LogP contribution in [0.4, 0.5) is 13.2 Å². The number of ether oxygens (including phenoxy) is 1. The maximum atomic E-state index is 12.1. The summed E-state index contributed by atoms with van der Waals surface area (Å²) in [5.74, 6) is 0.247. The van der Waals surface area contributed by atoms with E-state index in [1.54, 1.807) is 0 Å². The van der Waals surface area contributed by atoms with Crippen molar-refractivity contribution in [3.63, 3.8) is 0 Å². The van der Waals surface area contributed by atoms with Crippen LogP contribution in [-0.2, 0) is 0 Å². The van der Waals surface area contributed by atoms with Crippen molar-refractivity contribution in [1.29, 1.82) is 0 Å². The lowest BCUT2D eigenvalue weighted by Gasteiger charge is -2.14. The SMILES string of the molecule is Cl.N[C@H](CC1CC1)c1ccc(OC(F)(F)F)c(Cl)c1. The van der Waals surface area contributed by atoms with Gasteiger partial charge in [-0.2, -0.15) is 0 Å². The second-order valence-electron chi connectivity index (χ2n) is 4.52. The van der Waals surface area contributed by atoms with Gasteiger partial charge in [0.05, 0.1) is 5.02 Å². The van der Waals surface area contributed by atoms with Gasteiger partial charge in [-0.3, -0.25) is 0 Å². The van der Waals surface area contributed by atoms with Crippen LogP contribution in [0.3, 0.4) is 0 Å². The van der Waals surface area contributed by atoms with Gasteiger partial charge < -0.3 is 10.5 Å². The van der Waals surface area contributed by atoms with E-state index in [0.717, 1.165) is 12.0 Å². The van der Waals surface area contributed by atoms with Crippen LogP contribution >= 0.6 is 24.0 Å². The average molecular weight is 316 g/mol. The largest absolute Gasteiger partial charge is 0.573 e. The molecule has 0 amide bonds. The highest BCUT2D eigenvalue weighted by Crippen LogP contribution is 2.38. The highest BCUT2D eigenvalue weighted by molar-refractivity contribution is 6.32. The first-order valence-corrected chi connectivity index (χ1v) is 6.04. The molecule has 2 rings (SSSR count). The fourth-order valence-electron chi connectivity index (χ4n) is 1.80. The Balaban J connectivity index is 0.00000180. The molecule has 1 aliphatic rings. The Morgan fingerprint density at radius 1 is 1.37 bits per heavy atom. The van der Waals surface area contributed by atoms with Crippen molar-refractivity contribution in [2.24, 2.45) is 11.7 Å². The molecule has 0 saturated heterocycles. The minimum atomic E-state index is -4.73. The summed E-state index contributed by atoms with van der Waals surface area (Å²) in [6, 6.07) is 3.99. The quantitative estimate of drug-likeness (QED) is 0.890. The first-order chi connectivity index (χ1) is 8.35. The fourth-order valence-corrected chi connectivity index (χ4v) is 2.03. The van der Waals surface area contributed by atoms with Crippen LogP contribution in [-0.4, -0.2) is 6.36 Å². The Morgan fingerprint density at radius 2 is 2.00 bits per heavy atom. The Labute approximate surface area is 120 Å². The molecule has 108 valence electrons. The van der Waals surface area contributed by atoms with Crippen molar-refractivity contribution >= 4 is 24.0 Å². The molecule has 0 unspecified atom stereocenters. The first kappa shape index (κ1) is 16.4. The first-order valence-electron chi connectivity index (χ1n) is 5.66. The van der Waals surface area contributed by atoms with Crippen molar-refractivity contribution in [3.05, 3.63) is 28.8 Å². The van der Waals surface area contributed by atoms with Gasteiger partial charge in [-0.1, -0.05) is 30.5 Å². The minimum Gasteiger partial charge on any atom is -0.404 e. The van der Waals surface area contributed by atoms with Crippen LogP contribution in [0.25, 0.3) is 0 Å². The second-order valence-corrected chi connectivity index (χ2v) is 4.93. The van der Waals surface area contributed by atoms with E-state index in [4.69, 9.17) is 17.3 Å². The molecule has 0 aliphatic heterocycles. The Morgan fingerprint density at radius 3 is 2.47 bits per heavy atom. The van der Waals surface area contributed by atoms with Crippen LogP contribution in [0.1, 0.15) is 30.9 Å². The lowest BCUT2D eigenvalue weighted by molar-refractivity contribution is -0.274. The van der Waals surface area contributed by atoms with Gasteiger partial charge in [-0.15, -0.1) is 25.6 Å². The van der Waals surface area contributed by atoms with E-state index in [9.17, 15) is 13.2 Å². The van der Waals surface area contributed by atoms with E-state index in [1.165, 1.54) is 31.0 Å². The van der Waals surface area contributed by atoms with Crippen molar-refractivity contribution in [1.82, 2.24) is 0 Å². The van der Waals surface area contributed by atoms with E-state index in [2.05, 4.69) is 4.74 Å². The molecule has 2 nitrogen and oxygen atoms in total. The van der Waals surface area contributed by atoms with Gasteiger partial charge >= 0.3 is 6.36 Å². The zero-order chi connectivity index (χ0) is 13.3. The van der Waals surface area contributed by atoms with Crippen LogP contribution < -0.4 is 10.5 Å². The summed E-state index contributed by atoms with van der Waals surface area (Å²) in [6.45, 7) is 0. The summed E-state index contributed by atoms with van der Waals surface area (Å²) in [5.41, 5.74) is 6.70. The van der Waals surface area contributed by atoms with Gasteiger partial charge in [-0.05, 0) is 30.0 Å². The smallest absolute Gasteiger partial charge is 0.404 e. The average Bonchev–Trinajstić information content (AvgIpc) is 3.03. The van der Waals surface area contributed by atoms with Crippen LogP contribution in [0.5, 0.6) is 5.75 Å². The summed E-state index contributed by atoms with van der Waals surface area (Å²) in [6.07, 6.45) is -1.54. The number of benzene rings is 1. The molecule has 1 saturated carbocycles. The van der Waals surface area contributed by atoms with E-state index in [0.29, 0.717) is 5.92 Å². The highest BCUT2D eigenvalue weighted by atomic mass is 35.5. The van der Waals surface area contributed by atoms with Gasteiger partial charge in [0.25, 0.3) is 0 Å². The third kappa shape index (κ3) is 5.09. The van der Waals surface area contributed by atoms with Crippen molar-refractivity contribution in [2.75, 3.05) is 0 Å². The van der Waals surface area contributed by atoms with E-state index in [-0.39, 0.29) is 23.5 Å². The van der Waals surface area contributed by atoms with Gasteiger partial charge in [0, 0.05) is 6.04 Å². The van der Waals surface area contributed by atoms with E-state index >= 15 is 0 Å². The molecule has 0 heterocycles. The van der Waals surface area contributed by atoms with Crippen LogP contribution in [0.2, 0.25) is 5.02 Å². The normalized spacial score (nSPS) is 16.7. The summed E-state index contributed by atoms with van der Waals surface area (Å²) >= 11 is 5.75. The molecule has 2 N–H and O–H groups in total. The van der Waals surface area contributed by atoms with Crippen LogP contribution in [0.15, 0.2) is 18.2 Å². The molecule has 1 fully saturated rings. The van der Waals surface area contributed by atoms with Gasteiger partial charge in [0.1, 0.15) is 5.75 Å². The van der Waals surface area contributed by atoms with Gasteiger partial charge in [0.15, 0.2) is 0 Å². The van der Waals surface area contributed by atoms with E-state index < -0.39 is 12.1 Å². The zero-order valence-electron chi connectivity index (χ0n) is 9.91. The van der Waals surface area contributed by atoms with Gasteiger partial charge in [0.2, 0.25) is 0 Å². The Bertz CT molecular complexity index is 435. The third-order valence-corrected chi connectivity index (χ3v) is 3.19. The van der Waals surface area contributed by atoms with Gasteiger partial charge in [-0.25, -0.2) is 0 Å². The molecule has 1 aromatic rings. The third-order valence-electron chi connectivity index (χ3n) is 2.89. The van der Waals surface area contributed by atoms with Crippen molar-refractivity contribution in [3.8, 4) is 5.75 Å². The predicted molar refractivity (Wildman–Crippen MR) is 69.7 cm³/mol. The van der Waals surface area contributed by atoms with Crippen LogP contribution in [0, 0.1) is 5.92 Å². The molecule has 0 radical (unpaired) electrons. The molecule has 1 atom stereocenters. The molecule has 0 spiro atoms. The predicted octanol–water partition coefficient (Wildman–Crippen LogP) is 4.46. The topological polar surface area (TPSA) is 35.2 Å². The lowest BCUT2D eigenvalue weighted by atomic mass is 10.0. The number of hydrogen-bond acceptors (Lipinski definition) is 2. The summed E-state index contributed by atoms with van der Waals surface area (Å²) < 4.78 is 40.0. The van der Waals surface area contributed by atoms with E-state index in [1.807, 2.05) is 0 Å². The summed E-state index contributed by atoms with van der Waals surface area (Å²) in [7, 11) is 0. The second kappa shape index (κ2) is 6.20. The number of rotatable bonds is 4. The molecule has 19 heavy (non-hydrogen) atoms. The number of nitrogens with two attached hydrogens (primary N) is 1. The zero-order valence-corrected chi connectivity index (χ0v) is 11.5. The number of halogens is 5. The molecule has 0 bridgehead atoms. The lowest BCUT2D eigenvalue weighted by Crippen LogP contribution is -2.17. The standard InChI is InChI=1S/C12H13ClF3NO.ClH/c13-9-6-8(10(17)5-7-1-2-7)3-4-11(9)18-12(14,15)16;/h3-4,6-7,10H,1-2,5,17H2;1H/t10-;/m1./s1. The maximum absolute atomic E-state index is 12.1. The Kier molecular flexibility index (Phi) is 5.35. The number of alkyl halides is 3. The molecule has 0 aromatic heterocycles. The Hall–Kier alpha value is -0.650. The molecule has 1 aromatic carbocycles. The maximum Gasteiger partial charge on any atom is 0.573 e. The molecular weight excluding hydrogens is 302 g/mol. The molecular formula is C12H14Cl2F3NO. The minimum absolute atomic E-state index is 0.